The molecular formula is C23H31FN2O2. The molecule has 152 valence electrons. The summed E-state index contributed by atoms with van der Waals surface area (Å²) < 4.78 is 13.4. The summed E-state index contributed by atoms with van der Waals surface area (Å²) in [5, 5.41) is 6.52. The number of nitrogens with one attached hydrogen (secondary N) is 2. The SMILES string of the molecule is O=C1CCC(NC(=O)C2(c3ccc(F)cc3)CCCC2)C(C2CCCCC2)N1. The van der Waals surface area contributed by atoms with Crippen molar-refractivity contribution in [3.05, 3.63) is 35.6 Å². The van der Waals surface area contributed by atoms with Gasteiger partial charge in [0.1, 0.15) is 5.82 Å². The van der Waals surface area contributed by atoms with Gasteiger partial charge in [-0.05, 0) is 55.7 Å². The maximum Gasteiger partial charge on any atom is 0.230 e. The highest BCUT2D eigenvalue weighted by Gasteiger charge is 2.45. The maximum atomic E-state index is 13.5. The fourth-order valence-corrected chi connectivity index (χ4v) is 5.63. The minimum Gasteiger partial charge on any atom is -0.351 e. The van der Waals surface area contributed by atoms with E-state index in [0.29, 0.717) is 18.8 Å². The summed E-state index contributed by atoms with van der Waals surface area (Å²) in [5.41, 5.74) is 0.352. The van der Waals surface area contributed by atoms with Gasteiger partial charge >= 0.3 is 0 Å². The van der Waals surface area contributed by atoms with Crippen LogP contribution < -0.4 is 10.6 Å². The molecule has 1 aromatic carbocycles. The van der Waals surface area contributed by atoms with Crippen molar-refractivity contribution >= 4 is 11.8 Å². The molecule has 4 rings (SSSR count). The van der Waals surface area contributed by atoms with Crippen molar-refractivity contribution in [3.63, 3.8) is 0 Å². The molecule has 1 saturated heterocycles. The molecule has 4 nitrogen and oxygen atoms in total. The van der Waals surface area contributed by atoms with Gasteiger partial charge in [-0.2, -0.15) is 0 Å². The molecule has 0 radical (unpaired) electrons. The summed E-state index contributed by atoms with van der Waals surface area (Å²) in [5.74, 6) is 0.340. The van der Waals surface area contributed by atoms with Gasteiger partial charge in [-0.25, -0.2) is 4.39 Å². The number of benzene rings is 1. The molecule has 2 aliphatic carbocycles. The molecule has 2 saturated carbocycles. The number of hydrogen-bond acceptors (Lipinski definition) is 2. The molecule has 1 aromatic rings. The normalized spacial score (nSPS) is 28.0. The van der Waals surface area contributed by atoms with Gasteiger partial charge in [0, 0.05) is 12.5 Å². The molecule has 2 amide bonds. The van der Waals surface area contributed by atoms with E-state index in [4.69, 9.17) is 0 Å². The Balaban J connectivity index is 1.54. The smallest absolute Gasteiger partial charge is 0.230 e. The lowest BCUT2D eigenvalue weighted by molar-refractivity contribution is -0.130. The van der Waals surface area contributed by atoms with Gasteiger partial charge in [0.05, 0.1) is 11.5 Å². The zero-order chi connectivity index (χ0) is 19.6. The highest BCUT2D eigenvalue weighted by Crippen LogP contribution is 2.42. The summed E-state index contributed by atoms with van der Waals surface area (Å²) in [6.45, 7) is 0. The fraction of sp³-hybridized carbons (Fsp3) is 0.652. The van der Waals surface area contributed by atoms with Crippen molar-refractivity contribution in [2.75, 3.05) is 0 Å². The van der Waals surface area contributed by atoms with Gasteiger partial charge in [0.25, 0.3) is 0 Å². The van der Waals surface area contributed by atoms with Crippen molar-refractivity contribution in [1.82, 2.24) is 10.6 Å². The Morgan fingerprint density at radius 2 is 1.68 bits per heavy atom. The second kappa shape index (κ2) is 8.22. The van der Waals surface area contributed by atoms with E-state index >= 15 is 0 Å². The van der Waals surface area contributed by atoms with Gasteiger partial charge in [0.2, 0.25) is 11.8 Å². The molecular weight excluding hydrogens is 355 g/mol. The maximum absolute atomic E-state index is 13.5. The van der Waals surface area contributed by atoms with E-state index in [2.05, 4.69) is 10.6 Å². The van der Waals surface area contributed by atoms with Gasteiger partial charge in [0.15, 0.2) is 0 Å². The third-order valence-electron chi connectivity index (χ3n) is 7.21. The van der Waals surface area contributed by atoms with Crippen LogP contribution in [0.15, 0.2) is 24.3 Å². The molecule has 3 fully saturated rings. The number of rotatable bonds is 4. The van der Waals surface area contributed by atoms with Gasteiger partial charge in [-0.3, -0.25) is 9.59 Å². The first-order valence-electron chi connectivity index (χ1n) is 10.9. The average Bonchev–Trinajstić information content (AvgIpc) is 3.22. The van der Waals surface area contributed by atoms with E-state index in [1.165, 1.54) is 31.4 Å². The molecule has 2 N–H and O–H groups in total. The highest BCUT2D eigenvalue weighted by molar-refractivity contribution is 5.89. The van der Waals surface area contributed by atoms with E-state index in [-0.39, 0.29) is 29.7 Å². The van der Waals surface area contributed by atoms with Crippen LogP contribution in [0.4, 0.5) is 4.39 Å². The Morgan fingerprint density at radius 3 is 2.36 bits per heavy atom. The summed E-state index contributed by atoms with van der Waals surface area (Å²) in [4.78, 5) is 25.6. The Bertz CT molecular complexity index is 706. The molecule has 1 heterocycles. The standard InChI is InChI=1S/C23H31FN2O2/c24-18-10-8-17(9-11-18)23(14-4-5-15-23)22(28)25-19-12-13-20(27)26-21(19)16-6-2-1-3-7-16/h8-11,16,19,21H,1-7,12-15H2,(H,25,28)(H,26,27). The molecule has 0 spiro atoms. The van der Waals surface area contributed by atoms with Gasteiger partial charge < -0.3 is 10.6 Å². The lowest BCUT2D eigenvalue weighted by atomic mass is 9.76. The Morgan fingerprint density at radius 1 is 1.00 bits per heavy atom. The zero-order valence-corrected chi connectivity index (χ0v) is 16.5. The number of hydrogen-bond donors (Lipinski definition) is 2. The minimum absolute atomic E-state index is 0.00813. The van der Waals surface area contributed by atoms with Crippen LogP contribution in [-0.4, -0.2) is 23.9 Å². The van der Waals surface area contributed by atoms with E-state index < -0.39 is 5.41 Å². The second-order valence-electron chi connectivity index (χ2n) is 8.91. The summed E-state index contributed by atoms with van der Waals surface area (Å²) >= 11 is 0. The molecule has 2 unspecified atom stereocenters. The summed E-state index contributed by atoms with van der Waals surface area (Å²) in [7, 11) is 0. The van der Waals surface area contributed by atoms with Crippen molar-refractivity contribution in [2.45, 2.75) is 88.1 Å². The Kier molecular flexibility index (Phi) is 5.70. The number of carbonyl (C=O) groups excluding carboxylic acids is 2. The molecule has 28 heavy (non-hydrogen) atoms. The van der Waals surface area contributed by atoms with Crippen molar-refractivity contribution < 1.29 is 14.0 Å². The minimum atomic E-state index is -0.563. The van der Waals surface area contributed by atoms with Crippen LogP contribution in [0.5, 0.6) is 0 Å². The van der Waals surface area contributed by atoms with Gasteiger partial charge in [-0.1, -0.05) is 44.2 Å². The quantitative estimate of drug-likeness (QED) is 0.822. The number of halogens is 1. The average molecular weight is 387 g/mol. The Hall–Kier alpha value is -1.91. The molecule has 3 aliphatic rings. The van der Waals surface area contributed by atoms with Crippen molar-refractivity contribution in [1.29, 1.82) is 0 Å². The second-order valence-corrected chi connectivity index (χ2v) is 8.91. The van der Waals surface area contributed by atoms with E-state index in [9.17, 15) is 14.0 Å². The van der Waals surface area contributed by atoms with Crippen LogP contribution >= 0.6 is 0 Å². The third-order valence-corrected chi connectivity index (χ3v) is 7.21. The summed E-state index contributed by atoms with van der Waals surface area (Å²) in [6.07, 6.45) is 10.7. The largest absolute Gasteiger partial charge is 0.351 e. The molecule has 0 aromatic heterocycles. The van der Waals surface area contributed by atoms with Crippen LogP contribution in [0.3, 0.4) is 0 Å². The number of carbonyl (C=O) groups is 2. The monoisotopic (exact) mass is 386 g/mol. The van der Waals surface area contributed by atoms with Gasteiger partial charge in [-0.15, -0.1) is 0 Å². The van der Waals surface area contributed by atoms with E-state index in [1.54, 1.807) is 12.1 Å². The Labute approximate surface area is 166 Å². The van der Waals surface area contributed by atoms with Crippen LogP contribution in [0.2, 0.25) is 0 Å². The predicted molar refractivity (Wildman–Crippen MR) is 106 cm³/mol. The van der Waals surface area contributed by atoms with Crippen LogP contribution in [0, 0.1) is 11.7 Å². The molecule has 5 heteroatoms. The number of amides is 2. The van der Waals surface area contributed by atoms with Crippen LogP contribution in [-0.2, 0) is 15.0 Å². The summed E-state index contributed by atoms with van der Waals surface area (Å²) in [6, 6.07) is 6.47. The lowest BCUT2D eigenvalue weighted by Gasteiger charge is -2.41. The topological polar surface area (TPSA) is 58.2 Å². The predicted octanol–water partition coefficient (Wildman–Crippen LogP) is 3.98. The van der Waals surface area contributed by atoms with Crippen molar-refractivity contribution in [3.8, 4) is 0 Å². The third kappa shape index (κ3) is 3.81. The zero-order valence-electron chi connectivity index (χ0n) is 16.5. The van der Waals surface area contributed by atoms with E-state index in [0.717, 1.165) is 44.1 Å². The van der Waals surface area contributed by atoms with Crippen LogP contribution in [0.1, 0.15) is 76.2 Å². The van der Waals surface area contributed by atoms with Crippen LogP contribution in [0.25, 0.3) is 0 Å². The fourth-order valence-electron chi connectivity index (χ4n) is 5.63. The first-order chi connectivity index (χ1) is 13.6. The molecule has 2 atom stereocenters. The van der Waals surface area contributed by atoms with E-state index in [1.807, 2.05) is 0 Å². The molecule has 1 aliphatic heterocycles. The molecule has 0 bridgehead atoms. The highest BCUT2D eigenvalue weighted by atomic mass is 19.1. The number of piperidine rings is 1. The first kappa shape index (κ1) is 19.4. The van der Waals surface area contributed by atoms with Crippen molar-refractivity contribution in [2.24, 2.45) is 5.92 Å². The first-order valence-corrected chi connectivity index (χ1v) is 10.9. The lowest BCUT2D eigenvalue weighted by Crippen LogP contribution is -2.60.